The molecule has 10 nitrogen and oxygen atoms in total. The van der Waals surface area contributed by atoms with E-state index in [9.17, 15) is 22.8 Å². The van der Waals surface area contributed by atoms with E-state index < -0.39 is 26.8 Å². The molecule has 1 N–H and O–H groups in total. The third-order valence-electron chi connectivity index (χ3n) is 11.6. The van der Waals surface area contributed by atoms with Crippen LogP contribution in [-0.2, 0) is 40.9 Å². The maximum Gasteiger partial charge on any atom is 0.264 e. The second-order valence-electron chi connectivity index (χ2n) is 15.2. The number of amides is 1. The van der Waals surface area contributed by atoms with Crippen molar-refractivity contribution in [3.63, 3.8) is 0 Å². The molecule has 2 aromatic carbocycles. The predicted octanol–water partition coefficient (Wildman–Crippen LogP) is 6.20. The number of ketones is 2. The molecule has 0 radical (unpaired) electrons. The number of hydrogen-bond acceptors (Lipinski definition) is 9. The van der Waals surface area contributed by atoms with Gasteiger partial charge >= 0.3 is 0 Å². The Morgan fingerprint density at radius 3 is 2.55 bits per heavy atom. The number of aryl methyl sites for hydroxylation is 1. The molecule has 0 unspecified atom stereocenters. The van der Waals surface area contributed by atoms with Crippen LogP contribution in [0.1, 0.15) is 100 Å². The number of ether oxygens (including phenoxy) is 3. The minimum absolute atomic E-state index is 0.0231. The van der Waals surface area contributed by atoms with Crippen molar-refractivity contribution in [2.45, 2.75) is 101 Å². The summed E-state index contributed by atoms with van der Waals surface area (Å²) >= 11 is 6.46. The zero-order valence-electron chi connectivity index (χ0n) is 30.0. The summed E-state index contributed by atoms with van der Waals surface area (Å²) in [5.74, 6) is -0.0240. The van der Waals surface area contributed by atoms with Crippen LogP contribution in [0.4, 0.5) is 5.69 Å². The first-order chi connectivity index (χ1) is 24.3. The molecule has 278 valence electrons. The number of halogens is 1. The summed E-state index contributed by atoms with van der Waals surface area (Å²) < 4.78 is 48.7. The number of anilines is 1. The van der Waals surface area contributed by atoms with Gasteiger partial charge in [-0.05, 0) is 119 Å². The van der Waals surface area contributed by atoms with Gasteiger partial charge in [0.2, 0.25) is 10.0 Å². The monoisotopic (exact) mass is 742 g/mol. The molecule has 5 atom stereocenters. The number of hydrogen-bond donors (Lipinski definition) is 1. The van der Waals surface area contributed by atoms with Crippen molar-refractivity contribution < 1.29 is 37.0 Å². The molecule has 1 amide bonds. The topological polar surface area (TPSA) is 128 Å². The Bertz CT molecular complexity index is 1750. The number of nitrogens with zero attached hydrogens (tertiary/aromatic N) is 1. The lowest BCUT2D eigenvalue weighted by Crippen LogP contribution is -2.56. The lowest BCUT2D eigenvalue weighted by atomic mass is 9.63. The van der Waals surface area contributed by atoms with Crippen LogP contribution in [0.3, 0.4) is 0 Å². The second kappa shape index (κ2) is 15.5. The van der Waals surface area contributed by atoms with E-state index in [0.29, 0.717) is 62.6 Å². The molecule has 2 heterocycles. The molecular weight excluding hydrogens is 692 g/mol. The smallest absolute Gasteiger partial charge is 0.264 e. The summed E-state index contributed by atoms with van der Waals surface area (Å²) in [5.41, 5.74) is 2.25. The van der Waals surface area contributed by atoms with Gasteiger partial charge in [0.25, 0.3) is 5.91 Å². The lowest BCUT2D eigenvalue weighted by molar-refractivity contribution is -0.175. The average Bonchev–Trinajstić information content (AvgIpc) is 3.21. The summed E-state index contributed by atoms with van der Waals surface area (Å²) in [6.45, 7) is 6.54. The summed E-state index contributed by atoms with van der Waals surface area (Å²) in [6, 6.07) is 11.3. The third-order valence-corrected chi connectivity index (χ3v) is 13.7. The van der Waals surface area contributed by atoms with Crippen molar-refractivity contribution in [2.75, 3.05) is 44.4 Å². The van der Waals surface area contributed by atoms with Crippen LogP contribution in [0, 0.1) is 11.8 Å². The van der Waals surface area contributed by atoms with E-state index >= 15 is 0 Å². The van der Waals surface area contributed by atoms with Crippen molar-refractivity contribution >= 4 is 44.8 Å². The first-order valence-corrected chi connectivity index (χ1v) is 20.3. The Morgan fingerprint density at radius 1 is 1.02 bits per heavy atom. The minimum Gasteiger partial charge on any atom is -0.490 e. The van der Waals surface area contributed by atoms with Gasteiger partial charge in [-0.3, -0.25) is 14.4 Å². The molecule has 2 bridgehead atoms. The summed E-state index contributed by atoms with van der Waals surface area (Å²) in [6.07, 6.45) is 7.10. The average molecular weight is 743 g/mol. The quantitative estimate of drug-likeness (QED) is 0.336. The van der Waals surface area contributed by atoms with Crippen molar-refractivity contribution in [1.29, 1.82) is 0 Å². The van der Waals surface area contributed by atoms with Gasteiger partial charge in [-0.25, -0.2) is 13.1 Å². The molecule has 2 aromatic rings. The third kappa shape index (κ3) is 8.16. The van der Waals surface area contributed by atoms with Crippen LogP contribution in [0.15, 0.2) is 36.4 Å². The fraction of sp³-hybridized carbons (Fsp3) is 0.615. The van der Waals surface area contributed by atoms with Crippen LogP contribution < -0.4 is 14.4 Å². The first-order valence-electron chi connectivity index (χ1n) is 18.4. The normalized spacial score (nSPS) is 29.1. The van der Waals surface area contributed by atoms with Crippen LogP contribution >= 0.6 is 11.6 Å². The Labute approximate surface area is 307 Å². The zero-order valence-corrected chi connectivity index (χ0v) is 31.6. The highest BCUT2D eigenvalue weighted by atomic mass is 35.5. The van der Waals surface area contributed by atoms with Gasteiger partial charge in [0.1, 0.15) is 19.0 Å². The second-order valence-corrected chi connectivity index (χ2v) is 17.6. The lowest BCUT2D eigenvalue weighted by Gasteiger charge is -2.52. The highest BCUT2D eigenvalue weighted by Crippen LogP contribution is 2.50. The minimum atomic E-state index is -3.98. The molecule has 0 aromatic heterocycles. The molecule has 0 saturated heterocycles. The van der Waals surface area contributed by atoms with Crippen LogP contribution in [-0.4, -0.2) is 76.3 Å². The van der Waals surface area contributed by atoms with Crippen molar-refractivity contribution in [3.05, 3.63) is 58.1 Å². The Balaban J connectivity index is 1.44. The van der Waals surface area contributed by atoms with Gasteiger partial charge in [-0.1, -0.05) is 37.4 Å². The predicted molar refractivity (Wildman–Crippen MR) is 196 cm³/mol. The fourth-order valence-electron chi connectivity index (χ4n) is 8.86. The highest BCUT2D eigenvalue weighted by Gasteiger charge is 2.50. The summed E-state index contributed by atoms with van der Waals surface area (Å²) in [4.78, 5) is 40.2. The zero-order chi connectivity index (χ0) is 36.4. The maximum absolute atomic E-state index is 13.6. The van der Waals surface area contributed by atoms with E-state index in [1.54, 1.807) is 18.2 Å². The van der Waals surface area contributed by atoms with Crippen molar-refractivity contribution in [2.24, 2.45) is 11.8 Å². The fourth-order valence-corrected chi connectivity index (χ4v) is 10.5. The molecule has 1 saturated carbocycles. The number of carbonyl (C=O) groups is 3. The molecule has 1 fully saturated rings. The maximum atomic E-state index is 13.6. The number of fused-ring (bicyclic) bond motifs is 4. The van der Waals surface area contributed by atoms with Crippen molar-refractivity contribution in [1.82, 2.24) is 4.72 Å². The van der Waals surface area contributed by atoms with Gasteiger partial charge < -0.3 is 19.1 Å². The van der Waals surface area contributed by atoms with Crippen LogP contribution in [0.25, 0.3) is 0 Å². The van der Waals surface area contributed by atoms with Gasteiger partial charge in [0.15, 0.2) is 11.6 Å². The first kappa shape index (κ1) is 37.8. The summed E-state index contributed by atoms with van der Waals surface area (Å²) in [7, 11) is -3.98. The molecule has 12 heteroatoms. The largest absolute Gasteiger partial charge is 0.490 e. The molecule has 2 aliphatic carbocycles. The number of benzene rings is 2. The SMILES string of the molecule is CC[C@@H]1CCCC[C@](COCC(C)=O)(OCC(C)=O)[C@@H]2CC[C@H]2CN2C[C@@]3(CCCc4cc(Cl)ccc43)COc3ccc(cc32)C(=O)NS1(=O)=O. The van der Waals surface area contributed by atoms with E-state index in [4.69, 9.17) is 25.8 Å². The number of nitrogens with one attached hydrogen (secondary N) is 1. The van der Waals surface area contributed by atoms with E-state index in [1.165, 1.54) is 25.0 Å². The Morgan fingerprint density at radius 2 is 1.82 bits per heavy atom. The molecule has 4 aliphatic rings. The van der Waals surface area contributed by atoms with Crippen molar-refractivity contribution in [3.8, 4) is 5.75 Å². The number of rotatable bonds is 8. The van der Waals surface area contributed by atoms with Gasteiger partial charge in [-0.15, -0.1) is 0 Å². The molecule has 6 rings (SSSR count). The standard InChI is InChI=1S/C39H51ClN2O8S/c1-4-32-9-5-6-17-39(50-22-27(3)44,25-48-21-26(2)43)34-13-10-30(34)20-42-23-38(16-7-8-28-18-31(40)12-14-33(28)38)24-49-36-15-11-29(19-35(36)42)37(45)41-51(32,46)47/h11-12,14-15,18-19,30,32,34H,4-10,13,16-17,20-25H2,1-3H3,(H,41,45)/t30-,32+,34+,38-,39+/m0/s1. The molecule has 51 heavy (non-hydrogen) atoms. The van der Waals surface area contributed by atoms with E-state index in [-0.39, 0.29) is 54.2 Å². The van der Waals surface area contributed by atoms with Crippen LogP contribution in [0.2, 0.25) is 5.02 Å². The van der Waals surface area contributed by atoms with Gasteiger partial charge in [-0.2, -0.15) is 0 Å². The van der Waals surface area contributed by atoms with E-state index in [0.717, 1.165) is 37.8 Å². The number of Topliss-reactive ketones (excluding diaryl/α,β-unsaturated/α-hetero) is 2. The number of sulfonamides is 1. The summed E-state index contributed by atoms with van der Waals surface area (Å²) in [5, 5.41) is -0.0524. The Kier molecular flexibility index (Phi) is 11.5. The highest BCUT2D eigenvalue weighted by molar-refractivity contribution is 7.90. The van der Waals surface area contributed by atoms with E-state index in [2.05, 4.69) is 21.8 Å². The molecule has 2 aliphatic heterocycles. The van der Waals surface area contributed by atoms with Crippen LogP contribution in [0.5, 0.6) is 5.75 Å². The molecule has 1 spiro atoms. The Hall–Kier alpha value is -2.99. The van der Waals surface area contributed by atoms with Gasteiger partial charge in [0.05, 0.1) is 29.8 Å². The number of carbonyl (C=O) groups excluding carboxylic acids is 3. The molecular formula is C39H51ClN2O8S. The van der Waals surface area contributed by atoms with E-state index in [1.807, 2.05) is 13.0 Å². The van der Waals surface area contributed by atoms with Gasteiger partial charge in [0, 0.05) is 29.1 Å².